The summed E-state index contributed by atoms with van der Waals surface area (Å²) in [5.74, 6) is -1.05. The van der Waals surface area contributed by atoms with E-state index in [9.17, 15) is 26.4 Å². The lowest BCUT2D eigenvalue weighted by atomic mass is 10.1. The highest BCUT2D eigenvalue weighted by Crippen LogP contribution is 2.42. The average Bonchev–Trinajstić information content (AvgIpc) is 3.28. The van der Waals surface area contributed by atoms with Crippen LogP contribution in [0.3, 0.4) is 0 Å². The number of alkyl halides is 3. The maximum atomic E-state index is 13.1. The van der Waals surface area contributed by atoms with Crippen molar-refractivity contribution in [1.82, 2.24) is 14.8 Å². The number of halogens is 3. The number of benzene rings is 1. The summed E-state index contributed by atoms with van der Waals surface area (Å²) in [6, 6.07) is 6.61. The molecule has 8 nitrogen and oxygen atoms in total. The van der Waals surface area contributed by atoms with Gasteiger partial charge in [-0.1, -0.05) is 6.92 Å². The maximum Gasteiger partial charge on any atom is 0.435 e. The lowest BCUT2D eigenvalue weighted by Crippen LogP contribution is -2.25. The average molecular weight is 500 g/mol. The maximum absolute atomic E-state index is 13.1. The number of sulfonamides is 1. The van der Waals surface area contributed by atoms with E-state index in [-0.39, 0.29) is 22.5 Å². The van der Waals surface area contributed by atoms with Gasteiger partial charge >= 0.3 is 6.18 Å². The number of nitrogens with zero attached hydrogens (tertiary/aromatic N) is 3. The van der Waals surface area contributed by atoms with Crippen LogP contribution in [0.15, 0.2) is 46.8 Å². The Bertz CT molecular complexity index is 1230. The molecule has 1 fully saturated rings. The fourth-order valence-corrected chi connectivity index (χ4v) is 4.99. The van der Waals surface area contributed by atoms with E-state index in [2.05, 4.69) is 20.1 Å². The number of anilines is 2. The van der Waals surface area contributed by atoms with Crippen molar-refractivity contribution in [3.8, 4) is 0 Å². The molecule has 0 bridgehead atoms. The first-order valence-corrected chi connectivity index (χ1v) is 12.4. The van der Waals surface area contributed by atoms with E-state index in [4.69, 9.17) is 0 Å². The molecule has 1 aliphatic carbocycles. The van der Waals surface area contributed by atoms with Gasteiger partial charge in [0.2, 0.25) is 5.91 Å². The minimum absolute atomic E-state index is 0.00204. The second kappa shape index (κ2) is 8.78. The summed E-state index contributed by atoms with van der Waals surface area (Å²) >= 11 is 1.14. The molecule has 13 heteroatoms. The highest BCUT2D eigenvalue weighted by molar-refractivity contribution is 7.93. The Morgan fingerprint density at radius 1 is 1.27 bits per heavy atom. The third kappa shape index (κ3) is 5.53. The molecule has 1 atom stereocenters. The summed E-state index contributed by atoms with van der Waals surface area (Å²) < 4.78 is 67.6. The van der Waals surface area contributed by atoms with Gasteiger partial charge in [-0.2, -0.15) is 18.3 Å². The van der Waals surface area contributed by atoms with Crippen molar-refractivity contribution >= 4 is 38.1 Å². The van der Waals surface area contributed by atoms with Crippen molar-refractivity contribution in [3.05, 3.63) is 53.3 Å². The minimum Gasteiger partial charge on any atom is -0.326 e. The number of rotatable bonds is 8. The van der Waals surface area contributed by atoms with Crippen LogP contribution in [-0.2, 0) is 27.5 Å². The lowest BCUT2D eigenvalue weighted by molar-refractivity contribution is -0.141. The van der Waals surface area contributed by atoms with Gasteiger partial charge in [0, 0.05) is 28.9 Å². The molecule has 1 amide bonds. The number of carbonyl (C=O) groups excluding carboxylic acids is 1. The molecule has 2 heterocycles. The molecule has 1 aromatic carbocycles. The second-order valence-electron chi connectivity index (χ2n) is 7.77. The van der Waals surface area contributed by atoms with Crippen LogP contribution in [-0.4, -0.2) is 29.1 Å². The number of carbonyl (C=O) groups is 1. The van der Waals surface area contributed by atoms with Gasteiger partial charge in [-0.05, 0) is 43.2 Å². The number of aromatic nitrogens is 3. The summed E-state index contributed by atoms with van der Waals surface area (Å²) in [4.78, 5) is 16.5. The Morgan fingerprint density at radius 3 is 2.55 bits per heavy atom. The third-order valence-electron chi connectivity index (χ3n) is 5.08. The first-order chi connectivity index (χ1) is 15.5. The summed E-state index contributed by atoms with van der Waals surface area (Å²) in [7, 11) is -3.82. The Labute approximate surface area is 191 Å². The molecule has 33 heavy (non-hydrogen) atoms. The van der Waals surface area contributed by atoms with Gasteiger partial charge < -0.3 is 5.32 Å². The molecule has 2 aromatic heterocycles. The molecule has 176 valence electrons. The molecular weight excluding hydrogens is 479 g/mol. The number of thiazole rings is 1. The molecular formula is C20H20F3N5O3S2. The predicted molar refractivity (Wildman–Crippen MR) is 116 cm³/mol. The quantitative estimate of drug-likeness (QED) is 0.480. The number of amides is 1. The predicted octanol–water partition coefficient (Wildman–Crippen LogP) is 4.31. The molecule has 1 aliphatic rings. The zero-order valence-corrected chi connectivity index (χ0v) is 19.0. The summed E-state index contributed by atoms with van der Waals surface area (Å²) in [6.45, 7) is 1.59. The third-order valence-corrected chi connectivity index (χ3v) is 7.25. The van der Waals surface area contributed by atoms with Crippen LogP contribution < -0.4 is 10.0 Å². The van der Waals surface area contributed by atoms with Gasteiger partial charge in [-0.25, -0.2) is 13.4 Å². The van der Waals surface area contributed by atoms with Gasteiger partial charge in [0.15, 0.2) is 10.8 Å². The molecule has 0 spiro atoms. The van der Waals surface area contributed by atoms with Crippen LogP contribution in [0.4, 0.5) is 24.0 Å². The van der Waals surface area contributed by atoms with Crippen molar-refractivity contribution < 1.29 is 26.4 Å². The van der Waals surface area contributed by atoms with Crippen LogP contribution in [0.25, 0.3) is 0 Å². The van der Waals surface area contributed by atoms with E-state index >= 15 is 0 Å². The zero-order chi connectivity index (χ0) is 23.8. The first-order valence-electron chi connectivity index (χ1n) is 10.0. The molecule has 1 saturated carbocycles. The number of hydrogen-bond acceptors (Lipinski definition) is 6. The topological polar surface area (TPSA) is 106 Å². The molecule has 4 rings (SSSR count). The van der Waals surface area contributed by atoms with Crippen molar-refractivity contribution in [1.29, 1.82) is 0 Å². The molecule has 0 aliphatic heterocycles. The lowest BCUT2D eigenvalue weighted by Gasteiger charge is -2.15. The molecule has 3 aromatic rings. The normalized spacial score (nSPS) is 15.3. The van der Waals surface area contributed by atoms with Crippen LogP contribution in [0.2, 0.25) is 0 Å². The smallest absolute Gasteiger partial charge is 0.326 e. The van der Waals surface area contributed by atoms with Gasteiger partial charge in [-0.3, -0.25) is 14.2 Å². The fraction of sp³-hybridized carbons (Fsp3) is 0.350. The van der Waals surface area contributed by atoms with E-state index in [1.807, 2.05) is 0 Å². The van der Waals surface area contributed by atoms with Crippen molar-refractivity contribution in [2.24, 2.45) is 5.92 Å². The Kier molecular flexibility index (Phi) is 6.18. The number of nitrogens with one attached hydrogen (secondary N) is 2. The van der Waals surface area contributed by atoms with Crippen molar-refractivity contribution in [2.75, 3.05) is 10.0 Å². The standard InChI is InChI=1S/C20H20F3N5O3S2/c1-12(11-28-16(13-2-3-13)10-17(26-28)20(21,22)23)18(29)25-14-4-6-15(7-5-14)33(30,31)27-19-24-8-9-32-19/h4-10,12-13H,2-3,11H2,1H3,(H,24,27)(H,25,29). The zero-order valence-electron chi connectivity index (χ0n) is 17.3. The Hall–Kier alpha value is -2.93. The SMILES string of the molecule is CC(Cn1nc(C(F)(F)F)cc1C1CC1)C(=O)Nc1ccc(S(=O)(=O)Nc2nccs2)cc1. The Balaban J connectivity index is 1.41. The summed E-state index contributed by atoms with van der Waals surface area (Å²) in [5, 5.41) is 8.21. The van der Waals surface area contributed by atoms with Gasteiger partial charge in [0.05, 0.1) is 17.4 Å². The second-order valence-corrected chi connectivity index (χ2v) is 10.3. The van der Waals surface area contributed by atoms with E-state index in [0.717, 1.165) is 30.2 Å². The van der Waals surface area contributed by atoms with Crippen molar-refractivity contribution in [2.45, 2.75) is 43.3 Å². The van der Waals surface area contributed by atoms with Gasteiger partial charge in [0.25, 0.3) is 10.0 Å². The highest BCUT2D eigenvalue weighted by Gasteiger charge is 2.38. The Morgan fingerprint density at radius 2 is 1.97 bits per heavy atom. The van der Waals surface area contributed by atoms with E-state index in [1.165, 1.54) is 35.1 Å². The monoisotopic (exact) mass is 499 g/mol. The van der Waals surface area contributed by atoms with Crippen LogP contribution in [0, 0.1) is 5.92 Å². The molecule has 0 saturated heterocycles. The van der Waals surface area contributed by atoms with Crippen LogP contribution >= 0.6 is 11.3 Å². The summed E-state index contributed by atoms with van der Waals surface area (Å²) in [5.41, 5.74) is -0.108. The molecule has 0 radical (unpaired) electrons. The van der Waals surface area contributed by atoms with Gasteiger partial charge in [0.1, 0.15) is 0 Å². The van der Waals surface area contributed by atoms with Crippen LogP contribution in [0.5, 0.6) is 0 Å². The van der Waals surface area contributed by atoms with E-state index in [1.54, 1.807) is 12.3 Å². The van der Waals surface area contributed by atoms with Gasteiger partial charge in [-0.15, -0.1) is 11.3 Å². The summed E-state index contributed by atoms with van der Waals surface area (Å²) in [6.07, 6.45) is -1.47. The number of hydrogen-bond donors (Lipinski definition) is 2. The first kappa shape index (κ1) is 23.2. The molecule has 1 unspecified atom stereocenters. The molecule has 2 N–H and O–H groups in total. The van der Waals surface area contributed by atoms with Crippen molar-refractivity contribution in [3.63, 3.8) is 0 Å². The van der Waals surface area contributed by atoms with E-state index in [0.29, 0.717) is 11.4 Å². The fourth-order valence-electron chi connectivity index (χ4n) is 3.20. The minimum atomic E-state index is -4.54. The largest absolute Gasteiger partial charge is 0.435 e. The van der Waals surface area contributed by atoms with Crippen LogP contribution in [0.1, 0.15) is 37.1 Å². The van der Waals surface area contributed by atoms with E-state index < -0.39 is 33.7 Å². The highest BCUT2D eigenvalue weighted by atomic mass is 32.2.